The summed E-state index contributed by atoms with van der Waals surface area (Å²) >= 11 is 1.52. The molecular weight excluding hydrogens is 250 g/mol. The summed E-state index contributed by atoms with van der Waals surface area (Å²) in [6.45, 7) is 2.61. The average Bonchev–Trinajstić information content (AvgIpc) is 2.94. The normalized spacial score (nSPS) is 10.9. The van der Waals surface area contributed by atoms with Crippen molar-refractivity contribution >= 4 is 27.5 Å². The number of fused-ring (bicyclic) bond motifs is 1. The molecule has 3 rings (SSSR count). The fourth-order valence-corrected chi connectivity index (χ4v) is 2.57. The zero-order valence-corrected chi connectivity index (χ0v) is 10.5. The van der Waals surface area contributed by atoms with Crippen molar-refractivity contribution in [1.29, 1.82) is 0 Å². The van der Waals surface area contributed by atoms with Gasteiger partial charge >= 0.3 is 0 Å². The van der Waals surface area contributed by atoms with Gasteiger partial charge in [-0.05, 0) is 25.1 Å². The summed E-state index contributed by atoms with van der Waals surface area (Å²) in [5, 5.41) is 7.31. The summed E-state index contributed by atoms with van der Waals surface area (Å²) in [6, 6.07) is 5.81. The summed E-state index contributed by atoms with van der Waals surface area (Å²) in [7, 11) is 0. The van der Waals surface area contributed by atoms with Crippen molar-refractivity contribution in [3.05, 3.63) is 18.2 Å². The molecule has 0 fully saturated rings. The van der Waals surface area contributed by atoms with Crippen molar-refractivity contribution in [3.8, 4) is 16.6 Å². The van der Waals surface area contributed by atoms with Gasteiger partial charge in [0, 0.05) is 0 Å². The smallest absolute Gasteiger partial charge is 0.239 e. The Morgan fingerprint density at radius 2 is 2.28 bits per heavy atom. The quantitative estimate of drug-likeness (QED) is 0.753. The number of nitrogens with two attached hydrogens (primary N) is 1. The van der Waals surface area contributed by atoms with E-state index in [4.69, 9.17) is 10.5 Å². The van der Waals surface area contributed by atoms with Gasteiger partial charge < -0.3 is 10.5 Å². The van der Waals surface area contributed by atoms with Gasteiger partial charge in [0.2, 0.25) is 5.95 Å². The number of hydrogen-bond acceptors (Lipinski definition) is 6. The third kappa shape index (κ3) is 1.88. The van der Waals surface area contributed by atoms with Crippen molar-refractivity contribution in [2.75, 3.05) is 12.3 Å². The van der Waals surface area contributed by atoms with E-state index in [1.807, 2.05) is 25.1 Å². The number of nitrogen functional groups attached to an aromatic ring is 1. The molecule has 1 aromatic carbocycles. The lowest BCUT2D eigenvalue weighted by Gasteiger charge is -2.00. The van der Waals surface area contributed by atoms with Crippen molar-refractivity contribution in [1.82, 2.24) is 20.2 Å². The number of hydrogen-bond donors (Lipinski definition) is 2. The summed E-state index contributed by atoms with van der Waals surface area (Å²) in [4.78, 5) is 8.53. The number of thiazole rings is 1. The number of rotatable bonds is 3. The SMILES string of the molecule is CCOc1ccc2nc(-c3nc(N)n[nH]3)sc2c1. The number of benzene rings is 1. The van der Waals surface area contributed by atoms with E-state index < -0.39 is 0 Å². The van der Waals surface area contributed by atoms with Gasteiger partial charge in [0.25, 0.3) is 0 Å². The number of aromatic nitrogens is 4. The van der Waals surface area contributed by atoms with Crippen LogP contribution in [0.15, 0.2) is 18.2 Å². The maximum atomic E-state index is 5.48. The number of nitrogens with zero attached hydrogens (tertiary/aromatic N) is 3. The molecule has 3 N–H and O–H groups in total. The molecule has 0 saturated heterocycles. The van der Waals surface area contributed by atoms with Gasteiger partial charge in [-0.15, -0.1) is 16.4 Å². The standard InChI is InChI=1S/C11H11N5OS/c1-2-17-6-3-4-7-8(5-6)18-10(13-7)9-14-11(12)16-15-9/h3-5H,2H2,1H3,(H3,12,14,15,16). The Morgan fingerprint density at radius 1 is 1.39 bits per heavy atom. The highest BCUT2D eigenvalue weighted by atomic mass is 32.1. The van der Waals surface area contributed by atoms with Crippen LogP contribution in [0.25, 0.3) is 21.0 Å². The maximum Gasteiger partial charge on any atom is 0.239 e. The first kappa shape index (κ1) is 11.0. The second kappa shape index (κ2) is 4.26. The Kier molecular flexibility index (Phi) is 2.60. The molecular formula is C11H11N5OS. The number of anilines is 1. The Bertz CT molecular complexity index is 690. The van der Waals surface area contributed by atoms with Crippen molar-refractivity contribution < 1.29 is 4.74 Å². The van der Waals surface area contributed by atoms with Crippen LogP contribution in [0.4, 0.5) is 5.95 Å². The fraction of sp³-hybridized carbons (Fsp3) is 0.182. The minimum atomic E-state index is 0.222. The van der Waals surface area contributed by atoms with E-state index in [0.717, 1.165) is 21.0 Å². The lowest BCUT2D eigenvalue weighted by molar-refractivity contribution is 0.341. The molecule has 0 bridgehead atoms. The van der Waals surface area contributed by atoms with Gasteiger partial charge in [-0.25, -0.2) is 4.98 Å². The second-order valence-electron chi connectivity index (χ2n) is 3.62. The average molecular weight is 261 g/mol. The van der Waals surface area contributed by atoms with Crippen LogP contribution in [0.1, 0.15) is 6.92 Å². The van der Waals surface area contributed by atoms with E-state index in [-0.39, 0.29) is 5.95 Å². The third-order valence-corrected chi connectivity index (χ3v) is 3.40. The lowest BCUT2D eigenvalue weighted by atomic mass is 10.3. The molecule has 0 unspecified atom stereocenters. The van der Waals surface area contributed by atoms with Gasteiger partial charge in [0.15, 0.2) is 10.8 Å². The van der Waals surface area contributed by atoms with E-state index >= 15 is 0 Å². The zero-order chi connectivity index (χ0) is 12.5. The second-order valence-corrected chi connectivity index (χ2v) is 4.65. The summed E-state index contributed by atoms with van der Waals surface area (Å²) < 4.78 is 6.50. The summed E-state index contributed by atoms with van der Waals surface area (Å²) in [6.07, 6.45) is 0. The third-order valence-electron chi connectivity index (χ3n) is 2.38. The van der Waals surface area contributed by atoms with Crippen LogP contribution in [0.2, 0.25) is 0 Å². The predicted molar refractivity (Wildman–Crippen MR) is 70.6 cm³/mol. The van der Waals surface area contributed by atoms with Crippen LogP contribution in [0, 0.1) is 0 Å². The largest absolute Gasteiger partial charge is 0.494 e. The molecule has 0 aliphatic rings. The van der Waals surface area contributed by atoms with Crippen molar-refractivity contribution in [3.63, 3.8) is 0 Å². The molecule has 0 aliphatic carbocycles. The number of H-pyrrole nitrogens is 1. The minimum absolute atomic E-state index is 0.222. The highest BCUT2D eigenvalue weighted by molar-refractivity contribution is 7.21. The first-order chi connectivity index (χ1) is 8.76. The van der Waals surface area contributed by atoms with E-state index in [1.54, 1.807) is 0 Å². The van der Waals surface area contributed by atoms with E-state index in [9.17, 15) is 0 Å². The van der Waals surface area contributed by atoms with Gasteiger partial charge in [-0.3, -0.25) is 5.10 Å². The van der Waals surface area contributed by atoms with E-state index in [0.29, 0.717) is 12.4 Å². The molecule has 0 radical (unpaired) electrons. The number of aromatic amines is 1. The van der Waals surface area contributed by atoms with E-state index in [2.05, 4.69) is 20.2 Å². The highest BCUT2D eigenvalue weighted by Gasteiger charge is 2.10. The van der Waals surface area contributed by atoms with Crippen LogP contribution in [-0.4, -0.2) is 26.8 Å². The van der Waals surface area contributed by atoms with Crippen LogP contribution in [0.5, 0.6) is 5.75 Å². The number of ether oxygens (including phenoxy) is 1. The van der Waals surface area contributed by atoms with Crippen LogP contribution in [-0.2, 0) is 0 Å². The molecule has 18 heavy (non-hydrogen) atoms. The van der Waals surface area contributed by atoms with E-state index in [1.165, 1.54) is 11.3 Å². The van der Waals surface area contributed by atoms with Gasteiger partial charge in [0.05, 0.1) is 16.8 Å². The molecule has 6 nitrogen and oxygen atoms in total. The molecule has 2 aromatic heterocycles. The molecule has 92 valence electrons. The van der Waals surface area contributed by atoms with Gasteiger partial charge in [0.1, 0.15) is 5.75 Å². The summed E-state index contributed by atoms with van der Waals surface area (Å²) in [5.74, 6) is 1.66. The lowest BCUT2D eigenvalue weighted by Crippen LogP contribution is -1.89. The molecule has 7 heteroatoms. The number of nitrogens with one attached hydrogen (secondary N) is 1. The van der Waals surface area contributed by atoms with Crippen molar-refractivity contribution in [2.45, 2.75) is 6.92 Å². The molecule has 0 spiro atoms. The zero-order valence-electron chi connectivity index (χ0n) is 9.67. The summed E-state index contributed by atoms with van der Waals surface area (Å²) in [5.41, 5.74) is 6.39. The Balaban J connectivity index is 2.05. The van der Waals surface area contributed by atoms with Gasteiger partial charge in [-0.1, -0.05) is 0 Å². The maximum absolute atomic E-state index is 5.48. The Labute approximate surface area is 107 Å². The Morgan fingerprint density at radius 3 is 3.00 bits per heavy atom. The molecule has 2 heterocycles. The van der Waals surface area contributed by atoms with Crippen molar-refractivity contribution in [2.24, 2.45) is 0 Å². The fourth-order valence-electron chi connectivity index (χ4n) is 1.63. The molecule has 0 saturated carbocycles. The minimum Gasteiger partial charge on any atom is -0.494 e. The van der Waals surface area contributed by atoms with Crippen LogP contribution in [0.3, 0.4) is 0 Å². The molecule has 3 aromatic rings. The monoisotopic (exact) mass is 261 g/mol. The first-order valence-electron chi connectivity index (χ1n) is 5.48. The molecule has 0 amide bonds. The topological polar surface area (TPSA) is 89.7 Å². The predicted octanol–water partition coefficient (Wildman–Crippen LogP) is 2.06. The molecule has 0 atom stereocenters. The molecule has 0 aliphatic heterocycles. The Hall–Kier alpha value is -2.15. The van der Waals surface area contributed by atoms with Gasteiger partial charge in [-0.2, -0.15) is 4.98 Å². The highest BCUT2D eigenvalue weighted by Crippen LogP contribution is 2.30. The first-order valence-corrected chi connectivity index (χ1v) is 6.29. The van der Waals surface area contributed by atoms with Crippen LogP contribution < -0.4 is 10.5 Å². The van der Waals surface area contributed by atoms with Crippen LogP contribution >= 0.6 is 11.3 Å².